The molecule has 0 radical (unpaired) electrons. The SMILES string of the molecule is Cc1csc(SCc2cc(F)cc(C#CCO)c2)n1. The van der Waals surface area contributed by atoms with Crippen LogP contribution in [0.3, 0.4) is 0 Å². The molecular weight excluding hydrogens is 281 g/mol. The number of hydrogen-bond donors (Lipinski definition) is 1. The molecule has 0 bridgehead atoms. The highest BCUT2D eigenvalue weighted by Gasteiger charge is 2.03. The molecule has 2 rings (SSSR count). The summed E-state index contributed by atoms with van der Waals surface area (Å²) in [5.74, 6) is 5.58. The van der Waals surface area contributed by atoms with Crippen molar-refractivity contribution in [3.05, 3.63) is 46.2 Å². The maximum Gasteiger partial charge on any atom is 0.150 e. The van der Waals surface area contributed by atoms with Crippen LogP contribution in [0.5, 0.6) is 0 Å². The Morgan fingerprint density at radius 1 is 1.42 bits per heavy atom. The molecule has 2 aromatic rings. The van der Waals surface area contributed by atoms with E-state index in [0.717, 1.165) is 15.6 Å². The Morgan fingerprint density at radius 3 is 2.95 bits per heavy atom. The second kappa shape index (κ2) is 6.71. The van der Waals surface area contributed by atoms with E-state index in [1.54, 1.807) is 23.1 Å². The van der Waals surface area contributed by atoms with Crippen LogP contribution in [0.1, 0.15) is 16.8 Å². The van der Waals surface area contributed by atoms with Gasteiger partial charge in [-0.1, -0.05) is 23.6 Å². The first-order valence-electron chi connectivity index (χ1n) is 5.61. The molecule has 0 unspecified atom stereocenters. The van der Waals surface area contributed by atoms with Gasteiger partial charge in [-0.05, 0) is 30.7 Å². The zero-order valence-corrected chi connectivity index (χ0v) is 11.9. The number of halogens is 1. The van der Waals surface area contributed by atoms with Gasteiger partial charge in [-0.2, -0.15) is 0 Å². The molecule has 0 atom stereocenters. The second-order valence-corrected chi connectivity index (χ2v) is 5.93. The van der Waals surface area contributed by atoms with E-state index < -0.39 is 0 Å². The van der Waals surface area contributed by atoms with Gasteiger partial charge < -0.3 is 5.11 Å². The highest BCUT2D eigenvalue weighted by atomic mass is 32.2. The molecule has 98 valence electrons. The van der Waals surface area contributed by atoms with Crippen molar-refractivity contribution in [2.24, 2.45) is 0 Å². The number of nitrogens with zero attached hydrogens (tertiary/aromatic N) is 1. The Bertz CT molecular complexity index is 628. The van der Waals surface area contributed by atoms with E-state index in [2.05, 4.69) is 16.8 Å². The molecule has 19 heavy (non-hydrogen) atoms. The predicted molar refractivity (Wildman–Crippen MR) is 76.8 cm³/mol. The van der Waals surface area contributed by atoms with Gasteiger partial charge >= 0.3 is 0 Å². The molecule has 1 heterocycles. The molecule has 0 aliphatic heterocycles. The Morgan fingerprint density at radius 2 is 2.26 bits per heavy atom. The fourth-order valence-corrected chi connectivity index (χ4v) is 3.27. The zero-order valence-electron chi connectivity index (χ0n) is 10.3. The molecule has 1 aromatic heterocycles. The molecule has 1 aromatic carbocycles. The summed E-state index contributed by atoms with van der Waals surface area (Å²) in [7, 11) is 0. The smallest absolute Gasteiger partial charge is 0.150 e. The largest absolute Gasteiger partial charge is 0.384 e. The molecule has 2 nitrogen and oxygen atoms in total. The minimum Gasteiger partial charge on any atom is -0.384 e. The summed E-state index contributed by atoms with van der Waals surface area (Å²) in [6.45, 7) is 1.73. The number of aliphatic hydroxyl groups excluding tert-OH is 1. The van der Waals surface area contributed by atoms with Crippen LogP contribution in [-0.2, 0) is 5.75 Å². The Labute approximate surface area is 119 Å². The quantitative estimate of drug-likeness (QED) is 0.697. The van der Waals surface area contributed by atoms with Crippen LogP contribution in [0.15, 0.2) is 27.9 Å². The van der Waals surface area contributed by atoms with Crippen molar-refractivity contribution < 1.29 is 9.50 Å². The molecular formula is C14H12FNOS2. The van der Waals surface area contributed by atoms with Crippen LogP contribution in [0, 0.1) is 24.6 Å². The lowest BCUT2D eigenvalue weighted by Gasteiger charge is -2.01. The first kappa shape index (κ1) is 14.1. The molecule has 0 amide bonds. The highest BCUT2D eigenvalue weighted by molar-refractivity contribution is 8.00. The maximum atomic E-state index is 13.4. The molecule has 1 N–H and O–H groups in total. The lowest BCUT2D eigenvalue weighted by Crippen LogP contribution is -1.87. The van der Waals surface area contributed by atoms with Gasteiger partial charge in [0.1, 0.15) is 16.8 Å². The summed E-state index contributed by atoms with van der Waals surface area (Å²) >= 11 is 3.17. The summed E-state index contributed by atoms with van der Waals surface area (Å²) in [6, 6.07) is 4.70. The number of hydrogen-bond acceptors (Lipinski definition) is 4. The topological polar surface area (TPSA) is 33.1 Å². The summed E-state index contributed by atoms with van der Waals surface area (Å²) in [5, 5.41) is 10.6. The highest BCUT2D eigenvalue weighted by Crippen LogP contribution is 2.26. The van der Waals surface area contributed by atoms with E-state index in [1.807, 2.05) is 18.4 Å². The van der Waals surface area contributed by atoms with Gasteiger partial charge in [0, 0.05) is 22.4 Å². The number of rotatable bonds is 3. The fraction of sp³-hybridized carbons (Fsp3) is 0.214. The van der Waals surface area contributed by atoms with Crippen LogP contribution in [0.25, 0.3) is 0 Å². The van der Waals surface area contributed by atoms with Crippen LogP contribution in [0.2, 0.25) is 0 Å². The Balaban J connectivity index is 2.09. The standard InChI is InChI=1S/C14H12FNOS2/c1-10-8-18-14(16-10)19-9-12-5-11(3-2-4-17)6-13(15)7-12/h5-8,17H,4,9H2,1H3. The third kappa shape index (κ3) is 4.35. The summed E-state index contributed by atoms with van der Waals surface area (Å²) in [4.78, 5) is 4.35. The van der Waals surface area contributed by atoms with E-state index >= 15 is 0 Å². The normalized spacial score (nSPS) is 10.1. The van der Waals surface area contributed by atoms with E-state index in [9.17, 15) is 4.39 Å². The average Bonchev–Trinajstić information content (AvgIpc) is 2.79. The van der Waals surface area contributed by atoms with Crippen molar-refractivity contribution in [1.82, 2.24) is 4.98 Å². The Hall–Kier alpha value is -1.35. The Kier molecular flexibility index (Phi) is 4.97. The minimum absolute atomic E-state index is 0.223. The van der Waals surface area contributed by atoms with Gasteiger partial charge in [0.2, 0.25) is 0 Å². The van der Waals surface area contributed by atoms with Crippen molar-refractivity contribution >= 4 is 23.1 Å². The number of benzene rings is 1. The summed E-state index contributed by atoms with van der Waals surface area (Å²) in [5.41, 5.74) is 2.45. The molecule has 0 aliphatic carbocycles. The molecule has 0 spiro atoms. The molecule has 0 saturated carbocycles. The van der Waals surface area contributed by atoms with Crippen molar-refractivity contribution in [2.45, 2.75) is 17.0 Å². The average molecular weight is 293 g/mol. The number of thioether (sulfide) groups is 1. The molecule has 0 fully saturated rings. The van der Waals surface area contributed by atoms with Crippen molar-refractivity contribution in [3.8, 4) is 11.8 Å². The zero-order chi connectivity index (χ0) is 13.7. The molecule has 0 aliphatic rings. The summed E-state index contributed by atoms with van der Waals surface area (Å²) < 4.78 is 14.4. The number of aliphatic hydroxyl groups is 1. The molecule has 5 heteroatoms. The van der Waals surface area contributed by atoms with Gasteiger partial charge in [0.05, 0.1) is 0 Å². The first-order valence-corrected chi connectivity index (χ1v) is 7.48. The van der Waals surface area contributed by atoms with Gasteiger partial charge in [-0.25, -0.2) is 9.37 Å². The van der Waals surface area contributed by atoms with E-state index in [-0.39, 0.29) is 12.4 Å². The van der Waals surface area contributed by atoms with Gasteiger partial charge in [0.25, 0.3) is 0 Å². The molecule has 0 saturated heterocycles. The number of aromatic nitrogens is 1. The van der Waals surface area contributed by atoms with Crippen molar-refractivity contribution in [3.63, 3.8) is 0 Å². The lowest BCUT2D eigenvalue weighted by atomic mass is 10.1. The van der Waals surface area contributed by atoms with Crippen LogP contribution in [0.4, 0.5) is 4.39 Å². The van der Waals surface area contributed by atoms with Crippen molar-refractivity contribution in [1.29, 1.82) is 0 Å². The number of aryl methyl sites for hydroxylation is 1. The third-order valence-electron chi connectivity index (χ3n) is 2.23. The lowest BCUT2D eigenvalue weighted by molar-refractivity contribution is 0.350. The maximum absolute atomic E-state index is 13.4. The van der Waals surface area contributed by atoms with Gasteiger partial charge in [-0.3, -0.25) is 0 Å². The van der Waals surface area contributed by atoms with Crippen LogP contribution < -0.4 is 0 Å². The van der Waals surface area contributed by atoms with Gasteiger partial charge in [-0.15, -0.1) is 11.3 Å². The van der Waals surface area contributed by atoms with Crippen molar-refractivity contribution in [2.75, 3.05) is 6.61 Å². The van der Waals surface area contributed by atoms with Crippen LogP contribution >= 0.6 is 23.1 Å². The summed E-state index contributed by atoms with van der Waals surface area (Å²) in [6.07, 6.45) is 0. The van der Waals surface area contributed by atoms with E-state index in [0.29, 0.717) is 11.3 Å². The predicted octanol–water partition coefficient (Wildman–Crippen LogP) is 3.23. The third-order valence-corrected chi connectivity index (χ3v) is 4.44. The first-order chi connectivity index (χ1) is 9.17. The second-order valence-electron chi connectivity index (χ2n) is 3.85. The fourth-order valence-electron chi connectivity index (χ4n) is 1.49. The van der Waals surface area contributed by atoms with E-state index in [4.69, 9.17) is 5.11 Å². The van der Waals surface area contributed by atoms with Crippen LogP contribution in [-0.4, -0.2) is 16.7 Å². The number of thiazole rings is 1. The minimum atomic E-state index is -0.310. The monoisotopic (exact) mass is 293 g/mol. The van der Waals surface area contributed by atoms with E-state index in [1.165, 1.54) is 12.1 Å². The van der Waals surface area contributed by atoms with Gasteiger partial charge in [0.15, 0.2) is 0 Å².